The van der Waals surface area contributed by atoms with Crippen molar-refractivity contribution in [3.8, 4) is 11.4 Å². The van der Waals surface area contributed by atoms with Crippen molar-refractivity contribution >= 4 is 27.7 Å². The van der Waals surface area contributed by atoms with Gasteiger partial charge in [-0.1, -0.05) is 28.1 Å². The Morgan fingerprint density at radius 3 is 3.00 bits per heavy atom. The minimum Gasteiger partial charge on any atom is -0.306 e. The van der Waals surface area contributed by atoms with Crippen LogP contribution in [0.25, 0.3) is 11.4 Å². The van der Waals surface area contributed by atoms with E-state index in [1.165, 1.54) is 0 Å². The van der Waals surface area contributed by atoms with Crippen LogP contribution in [0.5, 0.6) is 0 Å². The molecule has 0 radical (unpaired) electrons. The molecule has 0 amide bonds. The first-order valence-corrected chi connectivity index (χ1v) is 7.56. The summed E-state index contributed by atoms with van der Waals surface area (Å²) in [5.74, 6) is 2.26. The Morgan fingerprint density at radius 2 is 2.22 bits per heavy atom. The van der Waals surface area contributed by atoms with E-state index >= 15 is 0 Å². The molecule has 0 bridgehead atoms. The van der Waals surface area contributed by atoms with Crippen LogP contribution >= 0.6 is 27.7 Å². The van der Waals surface area contributed by atoms with Gasteiger partial charge in [-0.2, -0.15) is 11.8 Å². The van der Waals surface area contributed by atoms with Gasteiger partial charge in [-0.3, -0.25) is 4.79 Å². The third-order valence-electron chi connectivity index (χ3n) is 3.03. The van der Waals surface area contributed by atoms with Crippen molar-refractivity contribution in [2.24, 2.45) is 0 Å². The maximum Gasteiger partial charge on any atom is 0.255 e. The van der Waals surface area contributed by atoms with Crippen molar-refractivity contribution in [2.45, 2.75) is 18.4 Å². The Hall–Kier alpha value is -1.07. The lowest BCUT2D eigenvalue weighted by atomic mass is 10.1. The van der Waals surface area contributed by atoms with Gasteiger partial charge in [0.2, 0.25) is 0 Å². The molecular weight excluding hydrogens is 312 g/mol. The van der Waals surface area contributed by atoms with Crippen LogP contribution in [0.2, 0.25) is 0 Å². The van der Waals surface area contributed by atoms with Gasteiger partial charge in [0.25, 0.3) is 5.56 Å². The summed E-state index contributed by atoms with van der Waals surface area (Å²) in [5.41, 5.74) is 3.85. The van der Waals surface area contributed by atoms with E-state index in [4.69, 9.17) is 0 Å². The van der Waals surface area contributed by atoms with Gasteiger partial charge >= 0.3 is 0 Å². The normalized spacial score (nSPS) is 13.7. The summed E-state index contributed by atoms with van der Waals surface area (Å²) in [7, 11) is 0. The molecule has 3 nitrogen and oxygen atoms in total. The first-order chi connectivity index (χ1) is 8.65. The van der Waals surface area contributed by atoms with Crippen LogP contribution in [-0.2, 0) is 11.5 Å². The van der Waals surface area contributed by atoms with Gasteiger partial charge in [-0.15, -0.1) is 0 Å². The van der Waals surface area contributed by atoms with Crippen LogP contribution in [-0.4, -0.2) is 9.97 Å². The average Bonchev–Trinajstić information content (AvgIpc) is 2.81. The van der Waals surface area contributed by atoms with E-state index in [0.717, 1.165) is 38.4 Å². The lowest BCUT2D eigenvalue weighted by Gasteiger charge is -2.05. The number of nitrogens with zero attached hydrogens (tertiary/aromatic N) is 1. The van der Waals surface area contributed by atoms with Gasteiger partial charge in [0, 0.05) is 27.1 Å². The monoisotopic (exact) mass is 322 g/mol. The molecule has 0 atom stereocenters. The molecule has 0 fully saturated rings. The van der Waals surface area contributed by atoms with Gasteiger partial charge < -0.3 is 4.98 Å². The quantitative estimate of drug-likeness (QED) is 0.876. The Balaban J connectivity index is 2.15. The zero-order valence-electron chi connectivity index (χ0n) is 9.79. The number of thioether (sulfide) groups is 1. The first-order valence-electron chi connectivity index (χ1n) is 5.61. The van der Waals surface area contributed by atoms with Crippen LogP contribution in [0.15, 0.2) is 27.5 Å². The molecule has 0 aliphatic carbocycles. The van der Waals surface area contributed by atoms with Gasteiger partial charge in [0.1, 0.15) is 5.82 Å². The second-order valence-electron chi connectivity index (χ2n) is 4.30. The molecule has 3 rings (SSSR count). The number of aromatic amines is 1. The molecule has 0 saturated carbocycles. The zero-order valence-corrected chi connectivity index (χ0v) is 12.2. The molecule has 0 spiro atoms. The molecular formula is C13H11BrN2OS. The van der Waals surface area contributed by atoms with Crippen molar-refractivity contribution < 1.29 is 0 Å². The Bertz CT molecular complexity index is 681. The van der Waals surface area contributed by atoms with Crippen LogP contribution in [0.1, 0.15) is 16.8 Å². The number of rotatable bonds is 1. The van der Waals surface area contributed by atoms with Crippen molar-refractivity contribution in [3.05, 3.63) is 49.8 Å². The van der Waals surface area contributed by atoms with Crippen LogP contribution < -0.4 is 5.56 Å². The standard InChI is InChI=1S/C13H11BrN2OS/c1-7-2-3-8(4-10(7)14)12-15-11-6-18-5-9(11)13(17)16-12/h2-4H,5-6H2,1H3,(H,15,16,17). The fourth-order valence-electron chi connectivity index (χ4n) is 1.94. The second kappa shape index (κ2) is 4.55. The molecule has 1 aliphatic heterocycles. The van der Waals surface area contributed by atoms with E-state index in [2.05, 4.69) is 25.9 Å². The summed E-state index contributed by atoms with van der Waals surface area (Å²) in [6.45, 7) is 2.03. The molecule has 18 heavy (non-hydrogen) atoms. The van der Waals surface area contributed by atoms with Gasteiger partial charge in [0.05, 0.1) is 5.69 Å². The molecule has 2 aromatic rings. The minimum absolute atomic E-state index is 0.00306. The van der Waals surface area contributed by atoms with Gasteiger partial charge in [-0.25, -0.2) is 4.98 Å². The molecule has 92 valence electrons. The van der Waals surface area contributed by atoms with E-state index in [9.17, 15) is 4.79 Å². The highest BCUT2D eigenvalue weighted by Gasteiger charge is 2.18. The predicted molar refractivity (Wildman–Crippen MR) is 77.7 cm³/mol. The number of hydrogen-bond donors (Lipinski definition) is 1. The average molecular weight is 323 g/mol. The highest BCUT2D eigenvalue weighted by atomic mass is 79.9. The SMILES string of the molecule is Cc1ccc(-c2nc3c(c(=O)[nH]2)CSC3)cc1Br. The molecule has 1 aliphatic rings. The number of nitrogens with one attached hydrogen (secondary N) is 1. The Kier molecular flexibility index (Phi) is 3.03. The van der Waals surface area contributed by atoms with Gasteiger partial charge in [-0.05, 0) is 18.6 Å². The topological polar surface area (TPSA) is 45.8 Å². The fourth-order valence-corrected chi connectivity index (χ4v) is 3.35. The lowest BCUT2D eigenvalue weighted by Crippen LogP contribution is -2.15. The highest BCUT2D eigenvalue weighted by molar-refractivity contribution is 9.10. The molecule has 1 aromatic heterocycles. The molecule has 1 N–H and O–H groups in total. The van der Waals surface area contributed by atoms with Crippen molar-refractivity contribution in [2.75, 3.05) is 0 Å². The summed E-state index contributed by atoms with van der Waals surface area (Å²) in [6, 6.07) is 5.98. The van der Waals surface area contributed by atoms with E-state index in [-0.39, 0.29) is 5.56 Å². The van der Waals surface area contributed by atoms with E-state index < -0.39 is 0 Å². The maximum absolute atomic E-state index is 11.9. The molecule has 0 unspecified atom stereocenters. The number of aryl methyl sites for hydroxylation is 1. The number of aromatic nitrogens is 2. The number of hydrogen-bond acceptors (Lipinski definition) is 3. The predicted octanol–water partition coefficient (Wildman–Crippen LogP) is 3.25. The molecule has 2 heterocycles. The van der Waals surface area contributed by atoms with E-state index in [0.29, 0.717) is 5.82 Å². The van der Waals surface area contributed by atoms with E-state index in [1.807, 2.05) is 25.1 Å². The Labute approximate surface area is 117 Å². The third kappa shape index (κ3) is 2.01. The summed E-state index contributed by atoms with van der Waals surface area (Å²) >= 11 is 5.24. The zero-order chi connectivity index (χ0) is 12.7. The van der Waals surface area contributed by atoms with Crippen molar-refractivity contribution in [1.82, 2.24) is 9.97 Å². The number of benzene rings is 1. The summed E-state index contributed by atoms with van der Waals surface area (Å²) in [5, 5.41) is 0. The third-order valence-corrected chi connectivity index (χ3v) is 4.86. The maximum atomic E-state index is 11.9. The number of fused-ring (bicyclic) bond motifs is 1. The fraction of sp³-hybridized carbons (Fsp3) is 0.231. The second-order valence-corrected chi connectivity index (χ2v) is 6.14. The largest absolute Gasteiger partial charge is 0.306 e. The molecule has 0 saturated heterocycles. The molecule has 1 aromatic carbocycles. The molecule has 5 heteroatoms. The van der Waals surface area contributed by atoms with Crippen LogP contribution in [0.3, 0.4) is 0 Å². The first kappa shape index (κ1) is 12.0. The van der Waals surface area contributed by atoms with Crippen LogP contribution in [0.4, 0.5) is 0 Å². The lowest BCUT2D eigenvalue weighted by molar-refractivity contribution is 1.03. The van der Waals surface area contributed by atoms with Crippen molar-refractivity contribution in [3.63, 3.8) is 0 Å². The highest BCUT2D eigenvalue weighted by Crippen LogP contribution is 2.28. The van der Waals surface area contributed by atoms with Gasteiger partial charge in [0.15, 0.2) is 0 Å². The Morgan fingerprint density at radius 1 is 1.39 bits per heavy atom. The summed E-state index contributed by atoms with van der Waals surface area (Å²) in [6.07, 6.45) is 0. The van der Waals surface area contributed by atoms with Crippen molar-refractivity contribution in [1.29, 1.82) is 0 Å². The van der Waals surface area contributed by atoms with Crippen LogP contribution in [0, 0.1) is 6.92 Å². The number of H-pyrrole nitrogens is 1. The number of halogens is 1. The summed E-state index contributed by atoms with van der Waals surface area (Å²) < 4.78 is 1.03. The van der Waals surface area contributed by atoms with E-state index in [1.54, 1.807) is 11.8 Å². The minimum atomic E-state index is -0.00306. The summed E-state index contributed by atoms with van der Waals surface area (Å²) in [4.78, 5) is 19.4. The smallest absolute Gasteiger partial charge is 0.255 e.